The fourth-order valence-corrected chi connectivity index (χ4v) is 2.63. The lowest BCUT2D eigenvalue weighted by molar-refractivity contribution is 0.176. The highest BCUT2D eigenvalue weighted by atomic mass is 15.2. The predicted molar refractivity (Wildman–Crippen MR) is 62.6 cm³/mol. The van der Waals surface area contributed by atoms with Crippen molar-refractivity contribution in [2.45, 2.75) is 24.8 Å². The number of aromatic nitrogens is 1. The van der Waals surface area contributed by atoms with E-state index in [2.05, 4.69) is 29.6 Å². The van der Waals surface area contributed by atoms with E-state index in [1.54, 1.807) is 0 Å². The molecule has 2 heterocycles. The van der Waals surface area contributed by atoms with Gasteiger partial charge in [0.15, 0.2) is 0 Å². The van der Waals surface area contributed by atoms with E-state index in [1.807, 2.05) is 24.5 Å². The first-order valence-electron chi connectivity index (χ1n) is 5.52. The number of nitrogens with zero attached hydrogens (tertiary/aromatic N) is 2. The molecule has 0 radical (unpaired) electrons. The average molecular weight is 202 g/mol. The van der Waals surface area contributed by atoms with Crippen LogP contribution in [0.25, 0.3) is 0 Å². The molecule has 1 aliphatic heterocycles. The Labute approximate surface area is 91.6 Å². The van der Waals surface area contributed by atoms with Gasteiger partial charge in [0.25, 0.3) is 0 Å². The molecule has 0 spiro atoms. The number of likely N-dealkylation sites (tertiary alicyclic amines) is 1. The summed E-state index contributed by atoms with van der Waals surface area (Å²) in [7, 11) is 2.20. The summed E-state index contributed by atoms with van der Waals surface area (Å²) in [4.78, 5) is 6.67. The van der Waals surface area contributed by atoms with E-state index in [4.69, 9.17) is 0 Å². The molecular formula is C13H18N2. The highest BCUT2D eigenvalue weighted by Gasteiger charge is 2.39. The molecule has 0 bridgehead atoms. The van der Waals surface area contributed by atoms with E-state index in [0.717, 1.165) is 6.42 Å². The van der Waals surface area contributed by atoms with Crippen molar-refractivity contribution >= 4 is 0 Å². The summed E-state index contributed by atoms with van der Waals surface area (Å²) in [6, 6.07) is 4.20. The minimum atomic E-state index is 0.149. The van der Waals surface area contributed by atoms with Gasteiger partial charge in [0.1, 0.15) is 0 Å². The summed E-state index contributed by atoms with van der Waals surface area (Å²) in [5.41, 5.74) is 1.47. The summed E-state index contributed by atoms with van der Waals surface area (Å²) >= 11 is 0. The second kappa shape index (κ2) is 4.15. The quantitative estimate of drug-likeness (QED) is 0.700. The molecule has 2 heteroatoms. The topological polar surface area (TPSA) is 16.1 Å². The zero-order chi connectivity index (χ0) is 10.7. The van der Waals surface area contributed by atoms with E-state index in [-0.39, 0.29) is 5.54 Å². The van der Waals surface area contributed by atoms with Crippen LogP contribution in [0.15, 0.2) is 37.2 Å². The van der Waals surface area contributed by atoms with Gasteiger partial charge in [0.05, 0.1) is 5.54 Å². The van der Waals surface area contributed by atoms with Gasteiger partial charge in [-0.05, 0) is 44.5 Å². The lowest BCUT2D eigenvalue weighted by Crippen LogP contribution is -2.38. The van der Waals surface area contributed by atoms with Crippen LogP contribution in [0.4, 0.5) is 0 Å². The average Bonchev–Trinajstić information content (AvgIpc) is 2.63. The zero-order valence-corrected chi connectivity index (χ0v) is 9.32. The molecule has 0 aromatic carbocycles. The van der Waals surface area contributed by atoms with Crippen LogP contribution in [0.3, 0.4) is 0 Å². The van der Waals surface area contributed by atoms with Crippen molar-refractivity contribution in [3.05, 3.63) is 42.7 Å². The van der Waals surface area contributed by atoms with Gasteiger partial charge in [-0.1, -0.05) is 12.1 Å². The van der Waals surface area contributed by atoms with Crippen LogP contribution in [0, 0.1) is 0 Å². The Balaban J connectivity index is 2.38. The first kappa shape index (κ1) is 10.4. The maximum absolute atomic E-state index is 4.23. The summed E-state index contributed by atoms with van der Waals surface area (Å²) in [5.74, 6) is 0. The van der Waals surface area contributed by atoms with Crippen molar-refractivity contribution in [1.29, 1.82) is 0 Å². The van der Waals surface area contributed by atoms with Gasteiger partial charge in [-0.3, -0.25) is 9.88 Å². The SMILES string of the molecule is C=CC[C@@]1(c2cccnc2)CCCN1C. The predicted octanol–water partition coefficient (Wildman–Crippen LogP) is 2.58. The van der Waals surface area contributed by atoms with Crippen molar-refractivity contribution in [1.82, 2.24) is 9.88 Å². The molecule has 0 amide bonds. The lowest BCUT2D eigenvalue weighted by Gasteiger charge is -2.35. The van der Waals surface area contributed by atoms with Gasteiger partial charge in [-0.2, -0.15) is 0 Å². The van der Waals surface area contributed by atoms with Crippen molar-refractivity contribution < 1.29 is 0 Å². The molecule has 1 atom stereocenters. The summed E-state index contributed by atoms with van der Waals surface area (Å²) in [6.45, 7) is 5.05. The molecule has 0 saturated carbocycles. The molecular weight excluding hydrogens is 184 g/mol. The van der Waals surface area contributed by atoms with Gasteiger partial charge in [0, 0.05) is 12.4 Å². The number of hydrogen-bond acceptors (Lipinski definition) is 2. The van der Waals surface area contributed by atoms with Gasteiger partial charge in [0.2, 0.25) is 0 Å². The fraction of sp³-hybridized carbons (Fsp3) is 0.462. The third-order valence-electron chi connectivity index (χ3n) is 3.50. The van der Waals surface area contributed by atoms with Crippen molar-refractivity contribution in [2.24, 2.45) is 0 Å². The highest BCUT2D eigenvalue weighted by Crippen LogP contribution is 2.40. The number of rotatable bonds is 3. The molecule has 15 heavy (non-hydrogen) atoms. The second-order valence-electron chi connectivity index (χ2n) is 4.29. The third kappa shape index (κ3) is 1.70. The highest BCUT2D eigenvalue weighted by molar-refractivity contribution is 5.23. The summed E-state index contributed by atoms with van der Waals surface area (Å²) < 4.78 is 0. The monoisotopic (exact) mass is 202 g/mol. The first-order chi connectivity index (χ1) is 7.29. The van der Waals surface area contributed by atoms with Crippen LogP contribution >= 0.6 is 0 Å². The number of hydrogen-bond donors (Lipinski definition) is 0. The first-order valence-corrected chi connectivity index (χ1v) is 5.52. The zero-order valence-electron chi connectivity index (χ0n) is 9.32. The van der Waals surface area contributed by atoms with Gasteiger partial charge in [-0.25, -0.2) is 0 Å². The van der Waals surface area contributed by atoms with Crippen LogP contribution in [-0.2, 0) is 5.54 Å². The Morgan fingerprint density at radius 3 is 3.07 bits per heavy atom. The fourth-order valence-electron chi connectivity index (χ4n) is 2.63. The van der Waals surface area contributed by atoms with Crippen molar-refractivity contribution in [2.75, 3.05) is 13.6 Å². The van der Waals surface area contributed by atoms with Crippen LogP contribution in [0.2, 0.25) is 0 Å². The Kier molecular flexibility index (Phi) is 2.87. The number of pyridine rings is 1. The Morgan fingerprint density at radius 1 is 1.67 bits per heavy atom. The molecule has 1 aliphatic rings. The molecule has 0 N–H and O–H groups in total. The molecule has 1 aromatic rings. The van der Waals surface area contributed by atoms with Crippen LogP contribution in [-0.4, -0.2) is 23.5 Å². The summed E-state index contributed by atoms with van der Waals surface area (Å²) in [5, 5.41) is 0. The van der Waals surface area contributed by atoms with Gasteiger partial charge < -0.3 is 0 Å². The van der Waals surface area contributed by atoms with Crippen molar-refractivity contribution in [3.63, 3.8) is 0 Å². The van der Waals surface area contributed by atoms with Gasteiger partial charge >= 0.3 is 0 Å². The Hall–Kier alpha value is -1.15. The summed E-state index contributed by atoms with van der Waals surface area (Å²) in [6.07, 6.45) is 9.33. The normalized spacial score (nSPS) is 26.7. The molecule has 1 aromatic heterocycles. The van der Waals surface area contributed by atoms with Gasteiger partial charge in [-0.15, -0.1) is 6.58 Å². The molecule has 2 rings (SSSR count). The van der Waals surface area contributed by atoms with E-state index in [0.29, 0.717) is 0 Å². The van der Waals surface area contributed by atoms with E-state index >= 15 is 0 Å². The Morgan fingerprint density at radius 2 is 2.53 bits per heavy atom. The molecule has 80 valence electrons. The van der Waals surface area contributed by atoms with Crippen LogP contribution < -0.4 is 0 Å². The smallest absolute Gasteiger partial charge is 0.0507 e. The molecule has 0 unspecified atom stereocenters. The van der Waals surface area contributed by atoms with Crippen molar-refractivity contribution in [3.8, 4) is 0 Å². The minimum Gasteiger partial charge on any atom is -0.296 e. The maximum Gasteiger partial charge on any atom is 0.0507 e. The molecule has 1 saturated heterocycles. The van der Waals surface area contributed by atoms with E-state index < -0.39 is 0 Å². The Bertz CT molecular complexity index is 334. The van der Waals surface area contributed by atoms with E-state index in [1.165, 1.54) is 24.9 Å². The molecule has 0 aliphatic carbocycles. The van der Waals surface area contributed by atoms with E-state index in [9.17, 15) is 0 Å². The maximum atomic E-state index is 4.23. The molecule has 2 nitrogen and oxygen atoms in total. The second-order valence-corrected chi connectivity index (χ2v) is 4.29. The lowest BCUT2D eigenvalue weighted by atomic mass is 9.85. The third-order valence-corrected chi connectivity index (χ3v) is 3.50. The van der Waals surface area contributed by atoms with Crippen LogP contribution in [0.5, 0.6) is 0 Å². The minimum absolute atomic E-state index is 0.149. The standard InChI is InChI=1S/C13H18N2/c1-3-7-13(8-5-10-15(13)2)12-6-4-9-14-11-12/h3-4,6,9,11H,1,5,7-8,10H2,2H3/t13-/m0/s1. The van der Waals surface area contributed by atoms with Crippen LogP contribution in [0.1, 0.15) is 24.8 Å². The molecule has 1 fully saturated rings. The largest absolute Gasteiger partial charge is 0.296 e.